The van der Waals surface area contributed by atoms with Crippen LogP contribution in [0.15, 0.2) is 89.9 Å². The number of hydrogen-bond acceptors (Lipinski definition) is 7. The molecule has 0 bridgehead atoms. The third-order valence-corrected chi connectivity index (χ3v) is 6.05. The molecule has 1 aromatic heterocycles. The van der Waals surface area contributed by atoms with Gasteiger partial charge in [0, 0.05) is 49.0 Å². The fraction of sp³-hybridized carbons (Fsp3) is 0.231. The number of furan rings is 1. The molecular weight excluding hydrogens is 416 g/mol. The second-order valence-electron chi connectivity index (χ2n) is 8.10. The summed E-state index contributed by atoms with van der Waals surface area (Å²) in [7, 11) is 0. The van der Waals surface area contributed by atoms with Crippen LogP contribution in [0.4, 0.5) is 0 Å². The van der Waals surface area contributed by atoms with Crippen LogP contribution in [-0.2, 0) is 0 Å². The Bertz CT molecular complexity index is 1030. The van der Waals surface area contributed by atoms with Gasteiger partial charge in [0.15, 0.2) is 0 Å². The number of β-amino-alcohol motifs (C(OH)–C–C–N with tert-alkyl or cyclic N) is 2. The van der Waals surface area contributed by atoms with Crippen LogP contribution >= 0.6 is 0 Å². The Labute approximate surface area is 193 Å². The number of aliphatic hydroxyl groups excluding tert-OH is 2. The van der Waals surface area contributed by atoms with Gasteiger partial charge in [-0.05, 0) is 23.3 Å². The zero-order valence-corrected chi connectivity index (χ0v) is 18.3. The first-order valence-electron chi connectivity index (χ1n) is 11.2. The first-order valence-corrected chi connectivity index (χ1v) is 11.2. The van der Waals surface area contributed by atoms with Crippen LogP contribution in [0.2, 0.25) is 0 Å². The van der Waals surface area contributed by atoms with E-state index in [0.717, 1.165) is 33.8 Å². The molecule has 7 nitrogen and oxygen atoms in total. The van der Waals surface area contributed by atoms with E-state index >= 15 is 0 Å². The summed E-state index contributed by atoms with van der Waals surface area (Å²) in [6, 6.07) is 20.6. The molecule has 0 saturated carbocycles. The Morgan fingerprint density at radius 3 is 1.45 bits per heavy atom. The average molecular weight is 445 g/mol. The van der Waals surface area contributed by atoms with Gasteiger partial charge in [-0.25, -0.2) is 0 Å². The Balaban J connectivity index is 1.28. The van der Waals surface area contributed by atoms with E-state index in [1.54, 1.807) is 0 Å². The molecule has 2 aliphatic heterocycles. The van der Waals surface area contributed by atoms with Crippen LogP contribution in [0.5, 0.6) is 0 Å². The van der Waals surface area contributed by atoms with Crippen LogP contribution < -0.4 is 10.6 Å². The molecule has 3 heterocycles. The molecule has 170 valence electrons. The van der Waals surface area contributed by atoms with Gasteiger partial charge in [-0.15, -0.1) is 0 Å². The number of benzene rings is 2. The van der Waals surface area contributed by atoms with Gasteiger partial charge in [-0.3, -0.25) is 0 Å². The van der Waals surface area contributed by atoms with Gasteiger partial charge in [0.25, 0.3) is 0 Å². The van der Waals surface area contributed by atoms with Crippen molar-refractivity contribution in [3.8, 4) is 22.6 Å². The highest BCUT2D eigenvalue weighted by molar-refractivity contribution is 5.65. The predicted octanol–water partition coefficient (Wildman–Crippen LogP) is 3.35. The lowest BCUT2D eigenvalue weighted by atomic mass is 10.1. The lowest BCUT2D eigenvalue weighted by Gasteiger charge is -2.25. The van der Waals surface area contributed by atoms with Gasteiger partial charge in [-0.2, -0.15) is 0 Å². The van der Waals surface area contributed by atoms with E-state index < -0.39 is 0 Å². The van der Waals surface area contributed by atoms with E-state index in [-0.39, 0.29) is 25.5 Å². The minimum atomic E-state index is 0.0368. The van der Waals surface area contributed by atoms with Gasteiger partial charge in [0.05, 0.1) is 13.2 Å². The topological polar surface area (TPSA) is 84.1 Å². The van der Waals surface area contributed by atoms with E-state index in [4.69, 9.17) is 4.42 Å². The van der Waals surface area contributed by atoms with E-state index in [9.17, 15) is 10.2 Å². The van der Waals surface area contributed by atoms with E-state index in [0.29, 0.717) is 13.1 Å². The Morgan fingerprint density at radius 2 is 1.06 bits per heavy atom. The lowest BCUT2D eigenvalue weighted by molar-refractivity contribution is 0.203. The zero-order valence-electron chi connectivity index (χ0n) is 18.3. The smallest absolute Gasteiger partial charge is 0.134 e. The third kappa shape index (κ3) is 4.33. The van der Waals surface area contributed by atoms with Crippen molar-refractivity contribution in [1.82, 2.24) is 20.4 Å². The average Bonchev–Trinajstić information content (AvgIpc) is 3.61. The first-order chi connectivity index (χ1) is 16.3. The molecule has 0 aliphatic carbocycles. The van der Waals surface area contributed by atoms with Crippen molar-refractivity contribution in [1.29, 1.82) is 0 Å². The van der Waals surface area contributed by atoms with Crippen LogP contribution in [-0.4, -0.2) is 46.3 Å². The summed E-state index contributed by atoms with van der Waals surface area (Å²) < 4.78 is 6.16. The van der Waals surface area contributed by atoms with E-state index in [1.165, 1.54) is 0 Å². The van der Waals surface area contributed by atoms with Crippen molar-refractivity contribution in [2.75, 3.05) is 26.3 Å². The molecule has 0 amide bonds. The van der Waals surface area contributed by atoms with Crippen LogP contribution in [0.3, 0.4) is 0 Å². The fourth-order valence-electron chi connectivity index (χ4n) is 4.34. The van der Waals surface area contributed by atoms with Crippen LogP contribution in [0.25, 0.3) is 22.6 Å². The molecule has 2 aromatic carbocycles. The first kappa shape index (κ1) is 21.2. The number of hydrogen-bond donors (Lipinski definition) is 4. The third-order valence-electron chi connectivity index (χ3n) is 6.05. The summed E-state index contributed by atoms with van der Waals surface area (Å²) >= 11 is 0. The maximum absolute atomic E-state index is 9.25. The largest absolute Gasteiger partial charge is 0.456 e. The number of nitrogens with one attached hydrogen (secondary N) is 2. The molecule has 0 saturated heterocycles. The molecule has 0 spiro atoms. The normalized spacial score (nSPS) is 19.2. The predicted molar refractivity (Wildman–Crippen MR) is 127 cm³/mol. The number of aliphatic hydroxyl groups is 2. The Morgan fingerprint density at radius 1 is 0.636 bits per heavy atom. The monoisotopic (exact) mass is 444 g/mol. The zero-order chi connectivity index (χ0) is 22.6. The molecule has 5 rings (SSSR count). The molecule has 0 radical (unpaired) electrons. The molecule has 3 aromatic rings. The maximum Gasteiger partial charge on any atom is 0.134 e. The second kappa shape index (κ2) is 9.44. The standard InChI is InChI=1S/C26H28N4O3/c31-17-15-29-13-11-27-25(29)21-5-1-19(2-6-21)23-9-10-24(33-23)20-3-7-22(8-4-20)26-28-12-14-30(26)16-18-32/h1-14,25-28,31-32H,15-18H2. The van der Waals surface area contributed by atoms with E-state index in [1.807, 2.05) is 36.9 Å². The molecule has 33 heavy (non-hydrogen) atoms. The highest BCUT2D eigenvalue weighted by Gasteiger charge is 2.21. The summed E-state index contributed by atoms with van der Waals surface area (Å²) in [6.07, 6.45) is 7.80. The fourth-order valence-corrected chi connectivity index (χ4v) is 4.34. The Kier molecular flexibility index (Phi) is 6.06. The SMILES string of the molecule is OCCN1C=CNC1c1ccc(-c2ccc(-c3ccc(C4NC=CN4CCO)cc3)o2)cc1. The molecule has 7 heteroatoms. The summed E-state index contributed by atoms with van der Waals surface area (Å²) in [5.74, 6) is 1.64. The number of rotatable bonds is 8. The molecule has 2 aliphatic rings. The molecule has 0 fully saturated rings. The van der Waals surface area contributed by atoms with Crippen LogP contribution in [0, 0.1) is 0 Å². The van der Waals surface area contributed by atoms with E-state index in [2.05, 4.69) is 69.0 Å². The minimum absolute atomic E-state index is 0.0368. The van der Waals surface area contributed by atoms with Gasteiger partial charge < -0.3 is 35.1 Å². The van der Waals surface area contributed by atoms with Crippen molar-refractivity contribution < 1.29 is 14.6 Å². The molecule has 4 N–H and O–H groups in total. The highest BCUT2D eigenvalue weighted by atomic mass is 16.3. The quantitative estimate of drug-likeness (QED) is 0.424. The van der Waals surface area contributed by atoms with Gasteiger partial charge in [-0.1, -0.05) is 48.5 Å². The van der Waals surface area contributed by atoms with Gasteiger partial charge in [0.2, 0.25) is 0 Å². The molecule has 2 atom stereocenters. The highest BCUT2D eigenvalue weighted by Crippen LogP contribution is 2.31. The van der Waals surface area contributed by atoms with Crippen molar-refractivity contribution in [2.24, 2.45) is 0 Å². The number of nitrogens with zero attached hydrogens (tertiary/aromatic N) is 2. The van der Waals surface area contributed by atoms with Crippen molar-refractivity contribution in [3.05, 3.63) is 96.6 Å². The second-order valence-corrected chi connectivity index (χ2v) is 8.10. The van der Waals surface area contributed by atoms with Crippen molar-refractivity contribution >= 4 is 0 Å². The van der Waals surface area contributed by atoms with Gasteiger partial charge >= 0.3 is 0 Å². The lowest BCUT2D eigenvalue weighted by Crippen LogP contribution is -2.29. The van der Waals surface area contributed by atoms with Crippen LogP contribution in [0.1, 0.15) is 23.5 Å². The summed E-state index contributed by atoms with van der Waals surface area (Å²) in [4.78, 5) is 4.15. The Hall–Kier alpha value is -3.68. The summed E-state index contributed by atoms with van der Waals surface area (Å²) in [6.45, 7) is 1.41. The van der Waals surface area contributed by atoms with Gasteiger partial charge in [0.1, 0.15) is 23.9 Å². The molecular formula is C26H28N4O3. The minimum Gasteiger partial charge on any atom is -0.456 e. The summed E-state index contributed by atoms with van der Waals surface area (Å²) in [5, 5.41) is 25.1. The summed E-state index contributed by atoms with van der Waals surface area (Å²) in [5.41, 5.74) is 4.29. The van der Waals surface area contributed by atoms with Crippen molar-refractivity contribution in [3.63, 3.8) is 0 Å². The maximum atomic E-state index is 9.25. The molecule has 2 unspecified atom stereocenters. The van der Waals surface area contributed by atoms with Crippen molar-refractivity contribution in [2.45, 2.75) is 12.3 Å².